The van der Waals surface area contributed by atoms with Gasteiger partial charge in [0, 0.05) is 17.5 Å². The Labute approximate surface area is 165 Å². The van der Waals surface area contributed by atoms with Crippen LogP contribution in [-0.2, 0) is 24.7 Å². The maximum absolute atomic E-state index is 13.0. The first-order valence-electron chi connectivity index (χ1n) is 8.95. The number of alkyl halides is 3. The lowest BCUT2D eigenvalue weighted by atomic mass is 9.98. The summed E-state index contributed by atoms with van der Waals surface area (Å²) in [5.41, 5.74) is -1.36. The van der Waals surface area contributed by atoms with Crippen molar-refractivity contribution in [1.29, 1.82) is 0 Å². The third kappa shape index (κ3) is 5.29. The Balaban J connectivity index is 2.55. The van der Waals surface area contributed by atoms with E-state index in [1.54, 1.807) is 4.68 Å². The number of hydrogen-bond donors (Lipinski definition) is 1. The highest BCUT2D eigenvalue weighted by molar-refractivity contribution is 7.09. The number of aromatic nitrogens is 2. The normalized spacial score (nSPS) is 13.2. The van der Waals surface area contributed by atoms with E-state index in [0.29, 0.717) is 11.3 Å². The van der Waals surface area contributed by atoms with Crippen molar-refractivity contribution < 1.29 is 23.1 Å². The summed E-state index contributed by atoms with van der Waals surface area (Å²) in [6, 6.07) is 2.68. The maximum Gasteiger partial charge on any atom is 0.416 e. The minimum Gasteiger partial charge on any atom is -0.392 e. The molecule has 1 N–H and O–H groups in total. The summed E-state index contributed by atoms with van der Waals surface area (Å²) >= 11 is 1.24. The Morgan fingerprint density at radius 2 is 1.96 bits per heavy atom. The van der Waals surface area contributed by atoms with Gasteiger partial charge in [0.2, 0.25) is 4.80 Å². The second-order valence-corrected chi connectivity index (χ2v) is 8.42. The van der Waals surface area contributed by atoms with Crippen LogP contribution in [0.15, 0.2) is 23.2 Å². The van der Waals surface area contributed by atoms with Crippen LogP contribution in [0.3, 0.4) is 0 Å². The average Bonchev–Trinajstić information content (AvgIpc) is 3.01. The van der Waals surface area contributed by atoms with Gasteiger partial charge < -0.3 is 5.11 Å². The molecule has 154 valence electrons. The molecule has 0 atom stereocenters. The average molecular weight is 415 g/mol. The van der Waals surface area contributed by atoms with Crippen molar-refractivity contribution in [1.82, 2.24) is 9.78 Å². The van der Waals surface area contributed by atoms with Gasteiger partial charge in [-0.3, -0.25) is 4.79 Å². The fraction of sp³-hybridized carbons (Fsp3) is 0.526. The number of halogens is 3. The number of aliphatic hydroxyl groups excluding tert-OH is 1. The van der Waals surface area contributed by atoms with Crippen molar-refractivity contribution in [2.75, 3.05) is 0 Å². The molecule has 0 aliphatic rings. The molecule has 1 heterocycles. The van der Waals surface area contributed by atoms with Crippen LogP contribution >= 0.6 is 11.3 Å². The fourth-order valence-electron chi connectivity index (χ4n) is 2.39. The molecule has 0 unspecified atom stereocenters. The van der Waals surface area contributed by atoms with E-state index in [1.807, 2.05) is 27.7 Å². The van der Waals surface area contributed by atoms with Crippen LogP contribution in [0.25, 0.3) is 0 Å². The Morgan fingerprint density at radius 3 is 2.50 bits per heavy atom. The van der Waals surface area contributed by atoms with Crippen molar-refractivity contribution in [2.45, 2.75) is 65.3 Å². The predicted molar refractivity (Wildman–Crippen MR) is 101 cm³/mol. The molecule has 0 bridgehead atoms. The molecule has 5 nitrogen and oxygen atoms in total. The number of nitrogens with zero attached hydrogens (tertiary/aromatic N) is 3. The van der Waals surface area contributed by atoms with Gasteiger partial charge in [0.1, 0.15) is 5.01 Å². The highest BCUT2D eigenvalue weighted by Crippen LogP contribution is 2.31. The predicted octanol–water partition coefficient (Wildman–Crippen LogP) is 4.29. The van der Waals surface area contributed by atoms with Crippen LogP contribution in [-0.4, -0.2) is 20.8 Å². The Bertz CT molecular complexity index is 908. The molecule has 0 fully saturated rings. The van der Waals surface area contributed by atoms with Gasteiger partial charge in [-0.1, -0.05) is 51.5 Å². The maximum atomic E-state index is 13.0. The Kier molecular flexibility index (Phi) is 6.82. The van der Waals surface area contributed by atoms with Crippen LogP contribution in [0.5, 0.6) is 0 Å². The molecule has 2 aromatic rings. The van der Waals surface area contributed by atoms with Crippen LogP contribution in [0.2, 0.25) is 0 Å². The van der Waals surface area contributed by atoms with E-state index in [-0.39, 0.29) is 16.5 Å². The molecule has 0 spiro atoms. The van der Waals surface area contributed by atoms with Crippen LogP contribution in [0, 0.1) is 0 Å². The van der Waals surface area contributed by atoms with Crippen molar-refractivity contribution in [3.8, 4) is 0 Å². The highest BCUT2D eigenvalue weighted by atomic mass is 32.1. The van der Waals surface area contributed by atoms with Gasteiger partial charge in [-0.25, -0.2) is 4.68 Å². The molecule has 0 saturated carbocycles. The minimum atomic E-state index is -4.59. The van der Waals surface area contributed by atoms with Gasteiger partial charge in [0.05, 0.1) is 12.2 Å². The third-order valence-corrected chi connectivity index (χ3v) is 5.39. The van der Waals surface area contributed by atoms with E-state index in [0.717, 1.165) is 36.0 Å². The minimum absolute atomic E-state index is 0.0995. The van der Waals surface area contributed by atoms with E-state index in [9.17, 15) is 23.1 Å². The van der Waals surface area contributed by atoms with E-state index >= 15 is 0 Å². The molecule has 2 rings (SSSR count). The number of carbonyl (C=O) groups is 1. The van der Waals surface area contributed by atoms with Gasteiger partial charge >= 0.3 is 6.18 Å². The molecular formula is C19H24F3N3O2S. The third-order valence-electron chi connectivity index (χ3n) is 4.02. The zero-order valence-electron chi connectivity index (χ0n) is 16.3. The Hall–Kier alpha value is -2.00. The molecule has 0 aliphatic carbocycles. The lowest BCUT2D eigenvalue weighted by molar-refractivity contribution is -0.137. The zero-order valence-corrected chi connectivity index (χ0v) is 17.1. The number of aliphatic hydroxyl groups is 1. The summed E-state index contributed by atoms with van der Waals surface area (Å²) in [4.78, 5) is 17.1. The zero-order chi connectivity index (χ0) is 21.1. The monoisotopic (exact) mass is 415 g/mol. The molecule has 1 amide bonds. The molecule has 9 heteroatoms. The quantitative estimate of drug-likeness (QED) is 0.792. The van der Waals surface area contributed by atoms with Gasteiger partial charge in [-0.05, 0) is 24.1 Å². The summed E-state index contributed by atoms with van der Waals surface area (Å²) in [7, 11) is 0. The largest absolute Gasteiger partial charge is 0.416 e. The van der Waals surface area contributed by atoms with Crippen LogP contribution in [0.4, 0.5) is 13.2 Å². The second-order valence-electron chi connectivity index (χ2n) is 7.46. The summed E-state index contributed by atoms with van der Waals surface area (Å²) in [5, 5.41) is 14.7. The Morgan fingerprint density at radius 1 is 1.29 bits per heavy atom. The number of hydrogen-bond acceptors (Lipinski definition) is 4. The number of rotatable bonds is 5. The number of amides is 1. The van der Waals surface area contributed by atoms with Crippen molar-refractivity contribution in [3.05, 3.63) is 44.7 Å². The van der Waals surface area contributed by atoms with E-state index < -0.39 is 24.3 Å². The van der Waals surface area contributed by atoms with Crippen molar-refractivity contribution >= 4 is 17.2 Å². The van der Waals surface area contributed by atoms with Crippen molar-refractivity contribution in [3.63, 3.8) is 0 Å². The van der Waals surface area contributed by atoms with E-state index in [1.165, 1.54) is 11.3 Å². The van der Waals surface area contributed by atoms with E-state index in [4.69, 9.17) is 0 Å². The van der Waals surface area contributed by atoms with Gasteiger partial charge in [-0.2, -0.15) is 23.3 Å². The second kappa shape index (κ2) is 8.57. The molecule has 28 heavy (non-hydrogen) atoms. The summed E-state index contributed by atoms with van der Waals surface area (Å²) in [6.07, 6.45) is -2.83. The van der Waals surface area contributed by atoms with Gasteiger partial charge in [0.25, 0.3) is 5.91 Å². The number of carbonyl (C=O) groups excluding carboxylic acids is 1. The summed E-state index contributed by atoms with van der Waals surface area (Å²) < 4.78 is 40.7. The topological polar surface area (TPSA) is 67.5 Å². The lowest BCUT2D eigenvalue weighted by Crippen LogP contribution is -2.19. The first kappa shape index (κ1) is 22.3. The molecule has 1 aromatic carbocycles. The SMILES string of the molecule is CCCCn1nc(C(C)(C)C)sc1=NC(=O)c1cc(C(F)(F)F)ccc1CO. The highest BCUT2D eigenvalue weighted by Gasteiger charge is 2.31. The molecular weight excluding hydrogens is 391 g/mol. The number of aryl methyl sites for hydroxylation is 1. The van der Waals surface area contributed by atoms with Crippen molar-refractivity contribution in [2.24, 2.45) is 4.99 Å². The summed E-state index contributed by atoms with van der Waals surface area (Å²) in [5.74, 6) is -0.829. The molecule has 0 aliphatic heterocycles. The number of benzene rings is 1. The smallest absolute Gasteiger partial charge is 0.392 e. The number of unbranched alkanes of at least 4 members (excludes halogenated alkanes) is 1. The summed E-state index contributed by atoms with van der Waals surface area (Å²) in [6.45, 7) is 7.98. The van der Waals surface area contributed by atoms with Crippen LogP contribution < -0.4 is 4.80 Å². The molecule has 0 saturated heterocycles. The van der Waals surface area contributed by atoms with Crippen LogP contribution in [0.1, 0.15) is 67.0 Å². The standard InChI is InChI=1S/C19H24F3N3O2S/c1-5-6-9-25-17(28-16(24-25)18(2,3)4)23-15(27)14-10-13(19(20,21)22)8-7-12(14)11-26/h7-8,10,26H,5-6,9,11H2,1-4H3. The first-order valence-corrected chi connectivity index (χ1v) is 9.77. The first-order chi connectivity index (χ1) is 13.0. The molecule has 0 radical (unpaired) electrons. The van der Waals surface area contributed by atoms with E-state index in [2.05, 4.69) is 10.1 Å². The molecule has 1 aromatic heterocycles. The van der Waals surface area contributed by atoms with Gasteiger partial charge in [0.15, 0.2) is 0 Å². The lowest BCUT2D eigenvalue weighted by Gasteiger charge is -2.12. The fourth-order valence-corrected chi connectivity index (χ4v) is 3.37. The van der Waals surface area contributed by atoms with Gasteiger partial charge in [-0.15, -0.1) is 0 Å².